The number of methoxy groups -OCH3 is 1. The fourth-order valence-corrected chi connectivity index (χ4v) is 4.46. The van der Waals surface area contributed by atoms with E-state index in [1.165, 1.54) is 19.2 Å². The molecule has 3 N–H and O–H groups in total. The molecular formula is C17H19N3O5S. The van der Waals surface area contributed by atoms with Crippen molar-refractivity contribution in [1.82, 2.24) is 4.72 Å². The summed E-state index contributed by atoms with van der Waals surface area (Å²) >= 11 is 0. The zero-order chi connectivity index (χ0) is 18.9. The molecule has 2 aromatic carbocycles. The van der Waals surface area contributed by atoms with Gasteiger partial charge in [-0.15, -0.1) is 0 Å². The Hall–Kier alpha value is -2.65. The summed E-state index contributed by atoms with van der Waals surface area (Å²) in [6, 6.07) is 8.60. The predicted molar refractivity (Wildman–Crippen MR) is 96.5 cm³/mol. The third-order valence-electron chi connectivity index (χ3n) is 4.44. The average molecular weight is 377 g/mol. The molecular weight excluding hydrogens is 358 g/mol. The van der Waals surface area contributed by atoms with Crippen molar-refractivity contribution in [3.8, 4) is 5.75 Å². The fraction of sp³-hybridized carbons (Fsp3) is 0.294. The maximum atomic E-state index is 12.8. The number of nitro benzene ring substituents is 1. The molecule has 1 aliphatic rings. The lowest BCUT2D eigenvalue weighted by Crippen LogP contribution is -2.31. The second-order valence-electron chi connectivity index (χ2n) is 6.12. The first-order chi connectivity index (χ1) is 12.3. The van der Waals surface area contributed by atoms with Gasteiger partial charge in [-0.05, 0) is 54.7 Å². The van der Waals surface area contributed by atoms with Crippen molar-refractivity contribution < 1.29 is 18.1 Å². The van der Waals surface area contributed by atoms with Crippen LogP contribution in [-0.2, 0) is 16.4 Å². The Morgan fingerprint density at radius 2 is 2.04 bits per heavy atom. The molecule has 1 aliphatic carbocycles. The molecule has 0 radical (unpaired) electrons. The summed E-state index contributed by atoms with van der Waals surface area (Å²) < 4.78 is 33.1. The standard InChI is InChI=1S/C17H19N3O5S/c1-25-17-8-6-13(10-16(17)20(21)22)26(23,24)19-15-4-2-3-11-9-12(18)5-7-14(11)15/h5-10,15,19H,2-4,18H2,1H3. The van der Waals surface area contributed by atoms with Gasteiger partial charge in [-0.3, -0.25) is 10.1 Å². The number of hydrogen-bond acceptors (Lipinski definition) is 6. The zero-order valence-electron chi connectivity index (χ0n) is 14.1. The minimum absolute atomic E-state index is 0.00689. The number of fused-ring (bicyclic) bond motifs is 1. The number of anilines is 1. The highest BCUT2D eigenvalue weighted by atomic mass is 32.2. The van der Waals surface area contributed by atoms with Crippen molar-refractivity contribution >= 4 is 21.4 Å². The molecule has 0 spiro atoms. The minimum Gasteiger partial charge on any atom is -0.490 e. The number of nitro groups is 1. The summed E-state index contributed by atoms with van der Waals surface area (Å²) in [5, 5.41) is 11.1. The van der Waals surface area contributed by atoms with E-state index >= 15 is 0 Å². The zero-order valence-corrected chi connectivity index (χ0v) is 15.0. The minimum atomic E-state index is -3.93. The topological polar surface area (TPSA) is 125 Å². The van der Waals surface area contributed by atoms with Gasteiger partial charge in [0, 0.05) is 17.8 Å². The second kappa shape index (κ2) is 6.93. The number of nitrogens with zero attached hydrogens (tertiary/aromatic N) is 1. The molecule has 0 aliphatic heterocycles. The molecule has 26 heavy (non-hydrogen) atoms. The largest absolute Gasteiger partial charge is 0.490 e. The Bertz CT molecular complexity index is 959. The third-order valence-corrected chi connectivity index (χ3v) is 5.91. The van der Waals surface area contributed by atoms with Crippen molar-refractivity contribution in [2.24, 2.45) is 0 Å². The van der Waals surface area contributed by atoms with E-state index in [9.17, 15) is 18.5 Å². The summed E-state index contributed by atoms with van der Waals surface area (Å²) in [6.45, 7) is 0. The van der Waals surface area contributed by atoms with Gasteiger partial charge >= 0.3 is 5.69 Å². The Balaban J connectivity index is 1.94. The number of rotatable bonds is 5. The summed E-state index contributed by atoms with van der Waals surface area (Å²) in [6.07, 6.45) is 2.31. The van der Waals surface area contributed by atoms with E-state index in [1.807, 2.05) is 12.1 Å². The number of aryl methyl sites for hydroxylation is 1. The highest BCUT2D eigenvalue weighted by Gasteiger charge is 2.28. The number of nitrogens with two attached hydrogens (primary N) is 1. The Morgan fingerprint density at radius 3 is 2.73 bits per heavy atom. The van der Waals surface area contributed by atoms with Crippen LogP contribution in [0.15, 0.2) is 41.3 Å². The van der Waals surface area contributed by atoms with Gasteiger partial charge in [-0.2, -0.15) is 0 Å². The number of benzene rings is 2. The summed E-state index contributed by atoms with van der Waals surface area (Å²) in [5.41, 5.74) is 7.95. The third kappa shape index (κ3) is 3.49. The Kier molecular flexibility index (Phi) is 4.84. The molecule has 0 fully saturated rings. The molecule has 0 saturated carbocycles. The molecule has 2 aromatic rings. The smallest absolute Gasteiger partial charge is 0.312 e. The Morgan fingerprint density at radius 1 is 1.27 bits per heavy atom. The quantitative estimate of drug-likeness (QED) is 0.469. The first-order valence-corrected chi connectivity index (χ1v) is 9.53. The van der Waals surface area contributed by atoms with Gasteiger partial charge in [0.25, 0.3) is 0 Å². The van der Waals surface area contributed by atoms with Crippen molar-refractivity contribution in [1.29, 1.82) is 0 Å². The molecule has 0 amide bonds. The van der Waals surface area contributed by atoms with Crippen LogP contribution in [0.5, 0.6) is 5.75 Å². The van der Waals surface area contributed by atoms with Crippen LogP contribution in [0.1, 0.15) is 30.0 Å². The summed E-state index contributed by atoms with van der Waals surface area (Å²) in [7, 11) is -2.64. The van der Waals surface area contributed by atoms with E-state index in [-0.39, 0.29) is 10.6 Å². The van der Waals surface area contributed by atoms with Gasteiger partial charge in [0.15, 0.2) is 5.75 Å². The van der Waals surface area contributed by atoms with E-state index in [0.29, 0.717) is 12.1 Å². The summed E-state index contributed by atoms with van der Waals surface area (Å²) in [5.74, 6) is 0.00689. The molecule has 8 nitrogen and oxygen atoms in total. The van der Waals surface area contributed by atoms with Gasteiger partial charge in [0.1, 0.15) is 0 Å². The van der Waals surface area contributed by atoms with Gasteiger partial charge in [-0.25, -0.2) is 13.1 Å². The van der Waals surface area contributed by atoms with Crippen LogP contribution in [0.4, 0.5) is 11.4 Å². The molecule has 0 bridgehead atoms. The molecule has 3 rings (SSSR count). The van der Waals surface area contributed by atoms with Crippen LogP contribution >= 0.6 is 0 Å². The van der Waals surface area contributed by atoms with E-state index in [0.717, 1.165) is 30.0 Å². The SMILES string of the molecule is COc1ccc(S(=O)(=O)NC2CCCc3cc(N)ccc32)cc1[N+](=O)[O-]. The maximum absolute atomic E-state index is 12.8. The lowest BCUT2D eigenvalue weighted by atomic mass is 9.88. The molecule has 0 heterocycles. The van der Waals surface area contributed by atoms with Crippen LogP contribution in [0, 0.1) is 10.1 Å². The lowest BCUT2D eigenvalue weighted by molar-refractivity contribution is -0.386. The van der Waals surface area contributed by atoms with Crippen LogP contribution in [0.25, 0.3) is 0 Å². The van der Waals surface area contributed by atoms with Crippen molar-refractivity contribution in [2.75, 3.05) is 12.8 Å². The molecule has 1 unspecified atom stereocenters. The van der Waals surface area contributed by atoms with Crippen LogP contribution in [-0.4, -0.2) is 20.5 Å². The second-order valence-corrected chi connectivity index (χ2v) is 7.83. The normalized spacial score (nSPS) is 16.7. The Labute approximate surface area is 151 Å². The van der Waals surface area contributed by atoms with E-state index in [2.05, 4.69) is 4.72 Å². The number of nitrogens with one attached hydrogen (secondary N) is 1. The van der Waals surface area contributed by atoms with E-state index in [4.69, 9.17) is 10.5 Å². The van der Waals surface area contributed by atoms with Crippen LogP contribution < -0.4 is 15.2 Å². The fourth-order valence-electron chi connectivity index (χ4n) is 3.19. The van der Waals surface area contributed by atoms with Crippen LogP contribution in [0.3, 0.4) is 0 Å². The highest BCUT2D eigenvalue weighted by molar-refractivity contribution is 7.89. The first-order valence-electron chi connectivity index (χ1n) is 8.05. The van der Waals surface area contributed by atoms with Gasteiger partial charge in [-0.1, -0.05) is 6.07 Å². The van der Waals surface area contributed by atoms with Crippen molar-refractivity contribution in [2.45, 2.75) is 30.2 Å². The molecule has 0 aromatic heterocycles. The van der Waals surface area contributed by atoms with Crippen molar-refractivity contribution in [3.63, 3.8) is 0 Å². The molecule has 138 valence electrons. The number of ether oxygens (including phenoxy) is 1. The van der Waals surface area contributed by atoms with Gasteiger partial charge < -0.3 is 10.5 Å². The van der Waals surface area contributed by atoms with Gasteiger partial charge in [0.05, 0.1) is 16.9 Å². The predicted octanol–water partition coefficient (Wildman–Crippen LogP) is 2.54. The van der Waals surface area contributed by atoms with E-state index < -0.39 is 26.7 Å². The first kappa shape index (κ1) is 18.2. The maximum Gasteiger partial charge on any atom is 0.312 e. The number of nitrogen functional groups attached to an aromatic ring is 1. The molecule has 0 saturated heterocycles. The molecule has 1 atom stereocenters. The van der Waals surface area contributed by atoms with Crippen molar-refractivity contribution in [3.05, 3.63) is 57.6 Å². The van der Waals surface area contributed by atoms with Crippen LogP contribution in [0.2, 0.25) is 0 Å². The summed E-state index contributed by atoms with van der Waals surface area (Å²) in [4.78, 5) is 10.3. The number of sulfonamides is 1. The number of hydrogen-bond donors (Lipinski definition) is 2. The highest BCUT2D eigenvalue weighted by Crippen LogP contribution is 2.34. The monoisotopic (exact) mass is 377 g/mol. The van der Waals surface area contributed by atoms with Gasteiger partial charge in [0.2, 0.25) is 10.0 Å². The average Bonchev–Trinajstić information content (AvgIpc) is 2.60. The van der Waals surface area contributed by atoms with E-state index in [1.54, 1.807) is 6.07 Å². The molecule has 9 heteroatoms. The lowest BCUT2D eigenvalue weighted by Gasteiger charge is -2.26.